The third-order valence-corrected chi connectivity index (χ3v) is 3.60. The van der Waals surface area contributed by atoms with Gasteiger partial charge in [-0.3, -0.25) is 4.90 Å². The fourth-order valence-corrected chi connectivity index (χ4v) is 2.33. The summed E-state index contributed by atoms with van der Waals surface area (Å²) in [6.45, 7) is 9.45. The van der Waals surface area contributed by atoms with Crippen LogP contribution in [0.4, 0.5) is 4.79 Å². The van der Waals surface area contributed by atoms with E-state index >= 15 is 0 Å². The molecule has 1 rings (SSSR count). The number of rotatable bonds is 9. The van der Waals surface area contributed by atoms with E-state index in [9.17, 15) is 14.7 Å². The van der Waals surface area contributed by atoms with Gasteiger partial charge in [-0.25, -0.2) is 9.59 Å². The lowest BCUT2D eigenvalue weighted by molar-refractivity contribution is -0.132. The molecule has 0 spiro atoms. The summed E-state index contributed by atoms with van der Waals surface area (Å²) >= 11 is 0. The van der Waals surface area contributed by atoms with Crippen LogP contribution in [0.15, 0.2) is 42.0 Å². The first-order chi connectivity index (χ1) is 12.2. The summed E-state index contributed by atoms with van der Waals surface area (Å²) in [5.74, 6) is -0.890. The van der Waals surface area contributed by atoms with Crippen molar-refractivity contribution in [2.75, 3.05) is 19.6 Å². The molecule has 0 aliphatic heterocycles. The highest BCUT2D eigenvalue weighted by atomic mass is 16.6. The molecule has 0 saturated carbocycles. The molecule has 1 aromatic rings. The van der Waals surface area contributed by atoms with Gasteiger partial charge in [0, 0.05) is 31.8 Å². The van der Waals surface area contributed by atoms with Crippen LogP contribution in [0.1, 0.15) is 39.7 Å². The smallest absolute Gasteiger partial charge is 0.407 e. The topological polar surface area (TPSA) is 78.9 Å². The molecule has 6 heteroatoms. The summed E-state index contributed by atoms with van der Waals surface area (Å²) in [6, 6.07) is 9.94. The van der Waals surface area contributed by atoms with Crippen LogP contribution in [0.25, 0.3) is 0 Å². The largest absolute Gasteiger partial charge is 0.478 e. The van der Waals surface area contributed by atoms with Gasteiger partial charge in [0.1, 0.15) is 5.60 Å². The molecule has 0 saturated heterocycles. The van der Waals surface area contributed by atoms with Gasteiger partial charge in [0.2, 0.25) is 0 Å². The van der Waals surface area contributed by atoms with Gasteiger partial charge in [-0.1, -0.05) is 43.3 Å². The molecule has 6 nitrogen and oxygen atoms in total. The van der Waals surface area contributed by atoms with Crippen LogP contribution in [0, 0.1) is 0 Å². The lowest BCUT2D eigenvalue weighted by atomic mass is 10.1. The third-order valence-electron chi connectivity index (χ3n) is 3.60. The molecule has 144 valence electrons. The molecular formula is C20H30N2O4. The Morgan fingerprint density at radius 2 is 1.88 bits per heavy atom. The van der Waals surface area contributed by atoms with Gasteiger partial charge in [-0.05, 0) is 32.8 Å². The molecule has 0 fully saturated rings. The number of alkyl carbamates (subject to hydrolysis) is 1. The highest BCUT2D eigenvalue weighted by molar-refractivity contribution is 5.86. The number of amides is 1. The van der Waals surface area contributed by atoms with E-state index in [1.807, 2.05) is 58.0 Å². The number of carbonyl (C=O) groups is 2. The van der Waals surface area contributed by atoms with Crippen molar-refractivity contribution in [1.29, 1.82) is 0 Å². The normalized spacial score (nSPS) is 12.1. The number of hydrogen-bond donors (Lipinski definition) is 2. The number of benzene rings is 1. The molecule has 2 N–H and O–H groups in total. The Morgan fingerprint density at radius 3 is 2.42 bits per heavy atom. The fourth-order valence-electron chi connectivity index (χ4n) is 2.33. The zero-order valence-electron chi connectivity index (χ0n) is 16.1. The second-order valence-corrected chi connectivity index (χ2v) is 7.04. The maximum absolute atomic E-state index is 11.8. The SMILES string of the molecule is CCC(=CCN(CCNC(=O)OC(C)(C)C)Cc1ccccc1)C(=O)O. The molecule has 26 heavy (non-hydrogen) atoms. The molecule has 0 atom stereocenters. The van der Waals surface area contributed by atoms with Crippen molar-refractivity contribution in [1.82, 2.24) is 10.2 Å². The van der Waals surface area contributed by atoms with E-state index in [4.69, 9.17) is 4.74 Å². The van der Waals surface area contributed by atoms with Crippen LogP contribution in [-0.4, -0.2) is 47.3 Å². The summed E-state index contributed by atoms with van der Waals surface area (Å²) in [7, 11) is 0. The summed E-state index contributed by atoms with van der Waals surface area (Å²) in [5.41, 5.74) is 0.989. The quantitative estimate of drug-likeness (QED) is 0.658. The molecule has 0 bridgehead atoms. The number of aliphatic carboxylic acids is 1. The van der Waals surface area contributed by atoms with E-state index in [2.05, 4.69) is 10.2 Å². The summed E-state index contributed by atoms with van der Waals surface area (Å²) in [4.78, 5) is 25.0. The van der Waals surface area contributed by atoms with E-state index in [1.165, 1.54) is 0 Å². The van der Waals surface area contributed by atoms with Crippen LogP contribution in [0.2, 0.25) is 0 Å². The van der Waals surface area contributed by atoms with Crippen LogP contribution in [0.3, 0.4) is 0 Å². The maximum Gasteiger partial charge on any atom is 0.407 e. The standard InChI is InChI=1S/C20H30N2O4/c1-5-17(18(23)24)11-13-22(15-16-9-7-6-8-10-16)14-12-21-19(25)26-20(2,3)4/h6-11H,5,12-15H2,1-4H3,(H,21,25)(H,23,24). The predicted octanol–water partition coefficient (Wildman–Crippen LogP) is 3.43. The highest BCUT2D eigenvalue weighted by Gasteiger charge is 2.16. The molecule has 1 aromatic carbocycles. The minimum Gasteiger partial charge on any atom is -0.478 e. The lowest BCUT2D eigenvalue weighted by Gasteiger charge is -2.23. The molecule has 0 heterocycles. The molecule has 0 aliphatic rings. The van der Waals surface area contributed by atoms with Gasteiger partial charge in [-0.15, -0.1) is 0 Å². The van der Waals surface area contributed by atoms with Crippen molar-refractivity contribution >= 4 is 12.1 Å². The number of nitrogens with zero attached hydrogens (tertiary/aromatic N) is 1. The van der Waals surface area contributed by atoms with E-state index in [1.54, 1.807) is 6.08 Å². The van der Waals surface area contributed by atoms with Crippen molar-refractivity contribution in [3.63, 3.8) is 0 Å². The predicted molar refractivity (Wildman–Crippen MR) is 102 cm³/mol. The van der Waals surface area contributed by atoms with Crippen LogP contribution >= 0.6 is 0 Å². The van der Waals surface area contributed by atoms with Crippen LogP contribution in [-0.2, 0) is 16.1 Å². The van der Waals surface area contributed by atoms with Crippen LogP contribution in [0.5, 0.6) is 0 Å². The Hall–Kier alpha value is -2.34. The Bertz CT molecular complexity index is 606. The molecular weight excluding hydrogens is 332 g/mol. The summed E-state index contributed by atoms with van der Waals surface area (Å²) < 4.78 is 5.23. The zero-order chi connectivity index (χ0) is 19.6. The summed E-state index contributed by atoms with van der Waals surface area (Å²) in [5, 5.41) is 11.9. The number of nitrogens with one attached hydrogen (secondary N) is 1. The van der Waals surface area contributed by atoms with Gasteiger partial charge in [0.05, 0.1) is 0 Å². The monoisotopic (exact) mass is 362 g/mol. The number of ether oxygens (including phenoxy) is 1. The Balaban J connectivity index is 2.65. The third kappa shape index (κ3) is 9.22. The molecule has 0 radical (unpaired) electrons. The first kappa shape index (κ1) is 21.7. The second kappa shape index (κ2) is 10.6. The Labute approximate surface area is 155 Å². The highest BCUT2D eigenvalue weighted by Crippen LogP contribution is 2.08. The number of hydrogen-bond acceptors (Lipinski definition) is 4. The van der Waals surface area contributed by atoms with Gasteiger partial charge in [0.15, 0.2) is 0 Å². The lowest BCUT2D eigenvalue weighted by Crippen LogP contribution is -2.38. The molecule has 1 amide bonds. The van der Waals surface area contributed by atoms with Gasteiger partial charge in [-0.2, -0.15) is 0 Å². The average Bonchev–Trinajstić information content (AvgIpc) is 2.54. The maximum atomic E-state index is 11.8. The van der Waals surface area contributed by atoms with Crippen molar-refractivity contribution in [3.8, 4) is 0 Å². The summed E-state index contributed by atoms with van der Waals surface area (Å²) in [6.07, 6.45) is 1.76. The second-order valence-electron chi connectivity index (χ2n) is 7.04. The minimum atomic E-state index is -0.890. The van der Waals surface area contributed by atoms with E-state index < -0.39 is 17.7 Å². The zero-order valence-corrected chi connectivity index (χ0v) is 16.1. The van der Waals surface area contributed by atoms with E-state index in [0.29, 0.717) is 38.2 Å². The van der Waals surface area contributed by atoms with Gasteiger partial charge in [0.25, 0.3) is 0 Å². The minimum absolute atomic E-state index is 0.392. The fraction of sp³-hybridized carbons (Fsp3) is 0.500. The van der Waals surface area contributed by atoms with Crippen molar-refractivity contribution in [2.24, 2.45) is 0 Å². The van der Waals surface area contributed by atoms with Crippen molar-refractivity contribution in [2.45, 2.75) is 46.3 Å². The van der Waals surface area contributed by atoms with E-state index in [-0.39, 0.29) is 0 Å². The average molecular weight is 362 g/mol. The first-order valence-corrected chi connectivity index (χ1v) is 8.86. The Kier molecular flexibility index (Phi) is 8.85. The van der Waals surface area contributed by atoms with Crippen LogP contribution < -0.4 is 5.32 Å². The number of carboxylic acids is 1. The first-order valence-electron chi connectivity index (χ1n) is 8.86. The molecule has 0 aliphatic carbocycles. The van der Waals surface area contributed by atoms with Crippen molar-refractivity contribution < 1.29 is 19.4 Å². The van der Waals surface area contributed by atoms with Gasteiger partial charge < -0.3 is 15.2 Å². The van der Waals surface area contributed by atoms with Gasteiger partial charge >= 0.3 is 12.1 Å². The number of carbonyl (C=O) groups excluding carboxylic acids is 1. The Morgan fingerprint density at radius 1 is 1.23 bits per heavy atom. The van der Waals surface area contributed by atoms with E-state index in [0.717, 1.165) is 5.56 Å². The molecule has 0 aromatic heterocycles. The number of carboxylic acid groups (broad SMARTS) is 1. The van der Waals surface area contributed by atoms with Crippen molar-refractivity contribution in [3.05, 3.63) is 47.5 Å². The molecule has 0 unspecified atom stereocenters.